The second kappa shape index (κ2) is 10.8. The number of hydrogen-bond donors (Lipinski definition) is 1. The molecule has 3 aromatic rings. The third kappa shape index (κ3) is 6.22. The van der Waals surface area contributed by atoms with Crippen LogP contribution in [0, 0.1) is 5.82 Å². The maximum atomic E-state index is 13.3. The molecule has 1 amide bonds. The molecule has 1 heterocycles. The number of aromatic nitrogens is 3. The molecule has 0 atom stereocenters. The van der Waals surface area contributed by atoms with Crippen LogP contribution in [0.4, 0.5) is 10.1 Å². The van der Waals surface area contributed by atoms with Crippen LogP contribution in [-0.2, 0) is 17.9 Å². The molecule has 0 saturated heterocycles. The molecule has 0 aliphatic rings. The zero-order valence-electron chi connectivity index (χ0n) is 16.7. The SMILES string of the molecule is C=CCn1c(COc2ccc(F)c(Cl)c2)nnc1SCC(=O)Nc1cccc(OC)c1. The quantitative estimate of drug-likeness (QED) is 0.351. The van der Waals surface area contributed by atoms with Crippen molar-refractivity contribution in [2.24, 2.45) is 0 Å². The number of hydrogen-bond acceptors (Lipinski definition) is 6. The highest BCUT2D eigenvalue weighted by molar-refractivity contribution is 7.99. The maximum absolute atomic E-state index is 13.3. The molecule has 0 spiro atoms. The summed E-state index contributed by atoms with van der Waals surface area (Å²) in [7, 11) is 1.56. The van der Waals surface area contributed by atoms with E-state index in [1.807, 2.05) is 0 Å². The molecule has 0 saturated carbocycles. The molecule has 0 bridgehead atoms. The van der Waals surface area contributed by atoms with Crippen LogP contribution in [0.1, 0.15) is 5.82 Å². The summed E-state index contributed by atoms with van der Waals surface area (Å²) in [6.07, 6.45) is 1.70. The van der Waals surface area contributed by atoms with E-state index in [1.54, 1.807) is 42.0 Å². The van der Waals surface area contributed by atoms with E-state index in [0.717, 1.165) is 0 Å². The normalized spacial score (nSPS) is 10.5. The van der Waals surface area contributed by atoms with Crippen LogP contribution in [0.2, 0.25) is 5.02 Å². The van der Waals surface area contributed by atoms with E-state index in [-0.39, 0.29) is 23.3 Å². The molecule has 10 heteroatoms. The van der Waals surface area contributed by atoms with Gasteiger partial charge >= 0.3 is 0 Å². The van der Waals surface area contributed by atoms with Gasteiger partial charge in [0.05, 0.1) is 17.9 Å². The third-order valence-electron chi connectivity index (χ3n) is 4.05. The molecular formula is C21H20ClFN4O3S. The van der Waals surface area contributed by atoms with Crippen LogP contribution in [0.3, 0.4) is 0 Å². The van der Waals surface area contributed by atoms with Crippen LogP contribution in [0.15, 0.2) is 60.3 Å². The van der Waals surface area contributed by atoms with Crippen molar-refractivity contribution in [3.63, 3.8) is 0 Å². The third-order valence-corrected chi connectivity index (χ3v) is 5.31. The summed E-state index contributed by atoms with van der Waals surface area (Å²) < 4.78 is 25.9. The van der Waals surface area contributed by atoms with E-state index >= 15 is 0 Å². The summed E-state index contributed by atoms with van der Waals surface area (Å²) in [6, 6.07) is 11.2. The highest BCUT2D eigenvalue weighted by Gasteiger charge is 2.15. The molecule has 162 valence electrons. The second-order valence-corrected chi connectivity index (χ2v) is 7.58. The topological polar surface area (TPSA) is 78.3 Å². The summed E-state index contributed by atoms with van der Waals surface area (Å²) in [6.45, 7) is 4.28. The Morgan fingerprint density at radius 1 is 1.29 bits per heavy atom. The Morgan fingerprint density at radius 3 is 2.87 bits per heavy atom. The largest absolute Gasteiger partial charge is 0.497 e. The van der Waals surface area contributed by atoms with E-state index < -0.39 is 5.82 Å². The number of methoxy groups -OCH3 is 1. The van der Waals surface area contributed by atoms with Crippen molar-refractivity contribution in [2.75, 3.05) is 18.2 Å². The number of halogens is 2. The minimum atomic E-state index is -0.519. The molecular weight excluding hydrogens is 443 g/mol. The highest BCUT2D eigenvalue weighted by Crippen LogP contribution is 2.23. The monoisotopic (exact) mass is 462 g/mol. The number of thioether (sulfide) groups is 1. The van der Waals surface area contributed by atoms with Crippen molar-refractivity contribution in [1.29, 1.82) is 0 Å². The fraction of sp³-hybridized carbons (Fsp3) is 0.190. The number of nitrogens with zero attached hydrogens (tertiary/aromatic N) is 3. The van der Waals surface area contributed by atoms with E-state index in [0.29, 0.717) is 34.7 Å². The van der Waals surface area contributed by atoms with Gasteiger partial charge in [0.15, 0.2) is 11.0 Å². The number of benzene rings is 2. The fourth-order valence-corrected chi connectivity index (χ4v) is 3.52. The van der Waals surface area contributed by atoms with Crippen molar-refractivity contribution in [2.45, 2.75) is 18.3 Å². The number of allylic oxidation sites excluding steroid dienone is 1. The Labute approximate surface area is 188 Å². The van der Waals surface area contributed by atoms with Gasteiger partial charge in [0.2, 0.25) is 5.91 Å². The average molecular weight is 463 g/mol. The van der Waals surface area contributed by atoms with E-state index in [2.05, 4.69) is 22.1 Å². The highest BCUT2D eigenvalue weighted by atomic mass is 35.5. The first-order valence-corrected chi connectivity index (χ1v) is 10.5. The smallest absolute Gasteiger partial charge is 0.234 e. The fourth-order valence-electron chi connectivity index (χ4n) is 2.59. The minimum Gasteiger partial charge on any atom is -0.497 e. The molecule has 0 aliphatic heterocycles. The van der Waals surface area contributed by atoms with Gasteiger partial charge in [0, 0.05) is 24.4 Å². The Hall–Kier alpha value is -3.04. The zero-order valence-corrected chi connectivity index (χ0v) is 18.3. The van der Waals surface area contributed by atoms with Gasteiger partial charge in [-0.2, -0.15) is 0 Å². The number of anilines is 1. The lowest BCUT2D eigenvalue weighted by atomic mass is 10.3. The Kier molecular flexibility index (Phi) is 7.91. The molecule has 3 rings (SSSR count). The van der Waals surface area contributed by atoms with E-state index in [4.69, 9.17) is 21.1 Å². The van der Waals surface area contributed by atoms with Crippen molar-refractivity contribution >= 4 is 35.0 Å². The van der Waals surface area contributed by atoms with Crippen LogP contribution < -0.4 is 14.8 Å². The van der Waals surface area contributed by atoms with Crippen LogP contribution in [0.5, 0.6) is 11.5 Å². The molecule has 2 aromatic carbocycles. The summed E-state index contributed by atoms with van der Waals surface area (Å²) in [4.78, 5) is 12.3. The Bertz CT molecular complexity index is 1080. The summed E-state index contributed by atoms with van der Waals surface area (Å²) in [5, 5.41) is 11.6. The maximum Gasteiger partial charge on any atom is 0.234 e. The lowest BCUT2D eigenvalue weighted by Crippen LogP contribution is -2.15. The Balaban J connectivity index is 1.61. The second-order valence-electron chi connectivity index (χ2n) is 6.23. The Morgan fingerprint density at radius 2 is 2.13 bits per heavy atom. The van der Waals surface area contributed by atoms with Crippen LogP contribution in [-0.4, -0.2) is 33.5 Å². The van der Waals surface area contributed by atoms with Crippen molar-refractivity contribution in [3.8, 4) is 11.5 Å². The first-order valence-electron chi connectivity index (χ1n) is 9.17. The number of ether oxygens (including phenoxy) is 2. The molecule has 0 aliphatic carbocycles. The van der Waals surface area contributed by atoms with Crippen molar-refractivity contribution in [1.82, 2.24) is 14.8 Å². The van der Waals surface area contributed by atoms with Gasteiger partial charge in [-0.05, 0) is 24.3 Å². The van der Waals surface area contributed by atoms with Gasteiger partial charge in [-0.1, -0.05) is 35.5 Å². The van der Waals surface area contributed by atoms with Gasteiger partial charge in [0.25, 0.3) is 0 Å². The van der Waals surface area contributed by atoms with Gasteiger partial charge < -0.3 is 14.8 Å². The van der Waals surface area contributed by atoms with Gasteiger partial charge in [0.1, 0.15) is 23.9 Å². The van der Waals surface area contributed by atoms with Gasteiger partial charge in [-0.3, -0.25) is 9.36 Å². The predicted molar refractivity (Wildman–Crippen MR) is 118 cm³/mol. The lowest BCUT2D eigenvalue weighted by Gasteiger charge is -2.10. The number of nitrogens with one attached hydrogen (secondary N) is 1. The minimum absolute atomic E-state index is 0.0247. The first kappa shape index (κ1) is 22.6. The number of rotatable bonds is 10. The molecule has 1 N–H and O–H groups in total. The number of amides is 1. The predicted octanol–water partition coefficient (Wildman–Crippen LogP) is 4.58. The first-order chi connectivity index (χ1) is 15.0. The summed E-state index contributed by atoms with van der Waals surface area (Å²) >= 11 is 7.02. The van der Waals surface area contributed by atoms with E-state index in [1.165, 1.54) is 30.0 Å². The van der Waals surface area contributed by atoms with Crippen LogP contribution in [0.25, 0.3) is 0 Å². The van der Waals surface area contributed by atoms with Crippen molar-refractivity contribution in [3.05, 3.63) is 71.8 Å². The van der Waals surface area contributed by atoms with Gasteiger partial charge in [-0.15, -0.1) is 16.8 Å². The molecule has 0 unspecified atom stereocenters. The molecule has 31 heavy (non-hydrogen) atoms. The lowest BCUT2D eigenvalue weighted by molar-refractivity contribution is -0.113. The summed E-state index contributed by atoms with van der Waals surface area (Å²) in [5.74, 6) is 1.03. The molecule has 0 fully saturated rings. The number of carbonyl (C=O) groups excluding carboxylic acids is 1. The van der Waals surface area contributed by atoms with Gasteiger partial charge in [-0.25, -0.2) is 4.39 Å². The molecule has 0 radical (unpaired) electrons. The van der Waals surface area contributed by atoms with Crippen LogP contribution >= 0.6 is 23.4 Å². The number of carbonyl (C=O) groups is 1. The zero-order chi connectivity index (χ0) is 22.2. The summed E-state index contributed by atoms with van der Waals surface area (Å²) in [5.41, 5.74) is 0.643. The average Bonchev–Trinajstić information content (AvgIpc) is 3.15. The molecule has 1 aromatic heterocycles. The molecule has 7 nitrogen and oxygen atoms in total. The van der Waals surface area contributed by atoms with Crippen molar-refractivity contribution < 1.29 is 18.7 Å². The van der Waals surface area contributed by atoms with E-state index in [9.17, 15) is 9.18 Å². The standard InChI is InChI=1S/C21H20ClFN4O3S/c1-3-9-27-19(12-30-16-7-8-18(23)17(22)11-16)25-26-21(27)31-13-20(28)24-14-5-4-6-15(10-14)29-2/h3-8,10-11H,1,9,12-13H2,2H3,(H,24,28).